The summed E-state index contributed by atoms with van der Waals surface area (Å²) in [5.41, 5.74) is 2.85. The largest absolute Gasteiger partial charge is 0.490 e. The van der Waals surface area contributed by atoms with E-state index >= 15 is 0 Å². The zero-order valence-electron chi connectivity index (χ0n) is 24.9. The molecule has 0 spiro atoms. The normalized spacial score (nSPS) is 26.0. The van der Waals surface area contributed by atoms with E-state index in [1.165, 1.54) is 6.92 Å². The number of likely N-dealkylation sites (tertiary alicyclic amines) is 1. The number of fused-ring (bicyclic) bond motifs is 2. The van der Waals surface area contributed by atoms with Gasteiger partial charge in [-0.1, -0.05) is 56.7 Å². The van der Waals surface area contributed by atoms with Gasteiger partial charge in [0.2, 0.25) is 0 Å². The summed E-state index contributed by atoms with van der Waals surface area (Å²) in [6.07, 6.45) is 11.7. The molecule has 1 aromatic carbocycles. The first-order valence-electron chi connectivity index (χ1n) is 14.8. The smallest absolute Gasteiger partial charge is 0.302 e. The highest BCUT2D eigenvalue weighted by atomic mass is 35.5. The minimum Gasteiger partial charge on any atom is -0.490 e. The predicted octanol–water partition coefficient (Wildman–Crippen LogP) is 6.15. The number of aromatic nitrogens is 1. The Hall–Kier alpha value is -3.13. The number of rotatable bonds is 8. The summed E-state index contributed by atoms with van der Waals surface area (Å²) in [6.45, 7) is 11.2. The van der Waals surface area contributed by atoms with Crippen LogP contribution < -0.4 is 9.47 Å². The Balaban J connectivity index is 1.32. The Morgan fingerprint density at radius 2 is 2.10 bits per heavy atom. The molecular formula is C34H41ClN2O5. The van der Waals surface area contributed by atoms with Gasteiger partial charge >= 0.3 is 5.97 Å². The third-order valence-electron chi connectivity index (χ3n) is 8.84. The molecule has 224 valence electrons. The van der Waals surface area contributed by atoms with Crippen LogP contribution in [0.3, 0.4) is 0 Å². The number of benzene rings is 1. The van der Waals surface area contributed by atoms with Gasteiger partial charge < -0.3 is 24.2 Å². The third-order valence-corrected chi connectivity index (χ3v) is 9.09. The molecule has 5 rings (SSSR count). The number of pyridine rings is 1. The van der Waals surface area contributed by atoms with Crippen LogP contribution in [0.2, 0.25) is 0 Å². The molecule has 8 heteroatoms. The summed E-state index contributed by atoms with van der Waals surface area (Å²) in [6, 6.07) is 9.82. The summed E-state index contributed by atoms with van der Waals surface area (Å²) in [7, 11) is 0. The van der Waals surface area contributed by atoms with Crippen LogP contribution in [-0.2, 0) is 16.1 Å². The maximum Gasteiger partial charge on any atom is 0.302 e. The van der Waals surface area contributed by atoms with Crippen LogP contribution in [0.15, 0.2) is 65.9 Å². The van der Waals surface area contributed by atoms with Gasteiger partial charge in [-0.25, -0.2) is 0 Å². The van der Waals surface area contributed by atoms with Crippen LogP contribution in [0.4, 0.5) is 0 Å². The van der Waals surface area contributed by atoms with Crippen molar-refractivity contribution in [3.63, 3.8) is 0 Å². The maximum atomic E-state index is 12.0. The van der Waals surface area contributed by atoms with Crippen molar-refractivity contribution in [1.82, 2.24) is 9.88 Å². The number of hydrogen-bond acceptors (Lipinski definition) is 7. The number of aliphatic hydroxyl groups is 1. The van der Waals surface area contributed by atoms with E-state index < -0.39 is 5.60 Å². The fourth-order valence-electron chi connectivity index (χ4n) is 6.61. The second-order valence-corrected chi connectivity index (χ2v) is 12.6. The molecule has 1 aromatic heterocycles. The van der Waals surface area contributed by atoms with Crippen LogP contribution in [0, 0.1) is 17.3 Å². The van der Waals surface area contributed by atoms with Crippen molar-refractivity contribution in [2.45, 2.75) is 52.7 Å². The van der Waals surface area contributed by atoms with Gasteiger partial charge in [-0.3, -0.25) is 9.78 Å². The zero-order valence-corrected chi connectivity index (χ0v) is 25.7. The van der Waals surface area contributed by atoms with Crippen LogP contribution in [0.1, 0.15) is 57.4 Å². The van der Waals surface area contributed by atoms with Gasteiger partial charge in [0.25, 0.3) is 0 Å². The molecule has 2 aromatic rings. The summed E-state index contributed by atoms with van der Waals surface area (Å²) in [5.74, 6) is 1.36. The Kier molecular flexibility index (Phi) is 9.11. The van der Waals surface area contributed by atoms with E-state index in [0.29, 0.717) is 18.8 Å². The monoisotopic (exact) mass is 592 g/mol. The maximum absolute atomic E-state index is 12.0. The Morgan fingerprint density at radius 1 is 1.26 bits per heavy atom. The quantitative estimate of drug-likeness (QED) is 0.291. The van der Waals surface area contributed by atoms with Gasteiger partial charge in [-0.15, -0.1) is 0 Å². The third kappa shape index (κ3) is 6.43. The van der Waals surface area contributed by atoms with Crippen LogP contribution in [0.25, 0.3) is 5.57 Å². The molecule has 1 fully saturated rings. The highest BCUT2D eigenvalue weighted by molar-refractivity contribution is 6.31. The summed E-state index contributed by atoms with van der Waals surface area (Å²) >= 11 is 6.24. The Labute approximate surface area is 253 Å². The van der Waals surface area contributed by atoms with Gasteiger partial charge in [-0.2, -0.15) is 0 Å². The van der Waals surface area contributed by atoms with Crippen molar-refractivity contribution in [2.24, 2.45) is 17.3 Å². The van der Waals surface area contributed by atoms with E-state index in [-0.39, 0.29) is 36.4 Å². The number of piperidine rings is 1. The first kappa shape index (κ1) is 30.3. The van der Waals surface area contributed by atoms with Crippen LogP contribution in [0.5, 0.6) is 11.5 Å². The van der Waals surface area contributed by atoms with Gasteiger partial charge in [0.15, 0.2) is 0 Å². The lowest BCUT2D eigenvalue weighted by molar-refractivity contribution is -0.150. The average molecular weight is 593 g/mol. The fourth-order valence-corrected chi connectivity index (χ4v) is 6.88. The lowest BCUT2D eigenvalue weighted by Crippen LogP contribution is -2.61. The minimum absolute atomic E-state index is 0.0381. The standard InChI is InChI=1S/C34H41ClN2O5/c1-23-19-25(35)9-11-30(23)34(39)13-16-37(22-33(34,3)4)15-6-8-27-28-7-5-14-36-31(28)21-42-32-12-10-26(20-29(27)32)41-18-17-40-24(2)38/h5,7-12,14,19-20,23,30,39H,6,13,15-18,21-22H2,1-4H3/b27-8+. The summed E-state index contributed by atoms with van der Waals surface area (Å²) in [5, 5.41) is 12.7. The molecule has 42 heavy (non-hydrogen) atoms. The molecule has 0 radical (unpaired) electrons. The topological polar surface area (TPSA) is 81.1 Å². The molecule has 7 nitrogen and oxygen atoms in total. The minimum atomic E-state index is -0.806. The van der Waals surface area contributed by atoms with E-state index in [1.807, 2.05) is 30.3 Å². The van der Waals surface area contributed by atoms with Crippen molar-refractivity contribution in [1.29, 1.82) is 0 Å². The molecule has 3 heterocycles. The lowest BCUT2D eigenvalue weighted by Gasteiger charge is -2.54. The summed E-state index contributed by atoms with van der Waals surface area (Å²) < 4.78 is 17.0. The molecule has 3 unspecified atom stereocenters. The van der Waals surface area contributed by atoms with Gasteiger partial charge in [-0.05, 0) is 54.7 Å². The van der Waals surface area contributed by atoms with Gasteiger partial charge in [0.05, 0.1) is 11.3 Å². The zero-order chi connectivity index (χ0) is 29.9. The number of esters is 1. The number of ether oxygens (including phenoxy) is 3. The van der Waals surface area contributed by atoms with E-state index in [1.54, 1.807) is 6.20 Å². The van der Waals surface area contributed by atoms with Crippen LogP contribution in [-0.4, -0.2) is 59.4 Å². The number of nitrogens with zero attached hydrogens (tertiary/aromatic N) is 2. The molecule has 1 N–H and O–H groups in total. The van der Waals surface area contributed by atoms with Crippen molar-refractivity contribution in [2.75, 3.05) is 32.8 Å². The number of carbonyl (C=O) groups excluding carboxylic acids is 1. The molecule has 3 atom stereocenters. The molecule has 0 amide bonds. The summed E-state index contributed by atoms with van der Waals surface area (Å²) in [4.78, 5) is 18.1. The van der Waals surface area contributed by atoms with Crippen molar-refractivity contribution in [3.8, 4) is 11.5 Å². The van der Waals surface area contributed by atoms with Crippen molar-refractivity contribution in [3.05, 3.63) is 82.7 Å². The number of halogens is 1. The molecular weight excluding hydrogens is 552 g/mol. The number of carbonyl (C=O) groups is 1. The first-order chi connectivity index (χ1) is 20.1. The SMILES string of the molecule is CC(=O)OCCOc1ccc2c(c1)/C(=C/CCN1CCC(O)(C3C=CC(Cl)=CC3C)C(C)(C)C1)c1cccnc1CO2. The highest BCUT2D eigenvalue weighted by Gasteiger charge is 2.52. The predicted molar refractivity (Wildman–Crippen MR) is 164 cm³/mol. The second kappa shape index (κ2) is 12.6. The second-order valence-electron chi connectivity index (χ2n) is 12.2. The Bertz CT molecular complexity index is 1400. The molecule has 0 bridgehead atoms. The average Bonchev–Trinajstić information content (AvgIpc) is 3.09. The highest BCUT2D eigenvalue weighted by Crippen LogP contribution is 2.48. The first-order valence-corrected chi connectivity index (χ1v) is 15.1. The van der Waals surface area contributed by atoms with Crippen molar-refractivity contribution >= 4 is 23.1 Å². The van der Waals surface area contributed by atoms with Gasteiger partial charge in [0, 0.05) is 60.2 Å². The van der Waals surface area contributed by atoms with E-state index in [4.69, 9.17) is 25.8 Å². The van der Waals surface area contributed by atoms with Crippen LogP contribution >= 0.6 is 11.6 Å². The number of allylic oxidation sites excluding steroid dienone is 3. The Morgan fingerprint density at radius 3 is 2.86 bits per heavy atom. The van der Waals surface area contributed by atoms with E-state index in [9.17, 15) is 9.90 Å². The van der Waals surface area contributed by atoms with E-state index in [2.05, 4.69) is 54.9 Å². The lowest BCUT2D eigenvalue weighted by atomic mass is 9.60. The molecule has 1 saturated heterocycles. The number of hydrogen-bond donors (Lipinski definition) is 1. The van der Waals surface area contributed by atoms with Crippen molar-refractivity contribution < 1.29 is 24.1 Å². The fraction of sp³-hybridized carbons (Fsp3) is 0.471. The van der Waals surface area contributed by atoms with E-state index in [0.717, 1.165) is 59.2 Å². The molecule has 3 aliphatic rings. The molecule has 1 aliphatic carbocycles. The van der Waals surface area contributed by atoms with Gasteiger partial charge in [0.1, 0.15) is 31.3 Å². The molecule has 2 aliphatic heterocycles. The molecule has 0 saturated carbocycles.